The molecule has 0 bridgehead atoms. The van der Waals surface area contributed by atoms with Crippen LogP contribution in [0.2, 0.25) is 0 Å². The van der Waals surface area contributed by atoms with Crippen molar-refractivity contribution in [3.05, 3.63) is 60.2 Å². The van der Waals surface area contributed by atoms with Crippen molar-refractivity contribution in [1.29, 1.82) is 0 Å². The van der Waals surface area contributed by atoms with Crippen molar-refractivity contribution in [3.8, 4) is 23.3 Å². The van der Waals surface area contributed by atoms with Crippen molar-refractivity contribution in [3.63, 3.8) is 0 Å². The molecular formula is C20H21NO3S. The van der Waals surface area contributed by atoms with Gasteiger partial charge in [0.2, 0.25) is 5.91 Å². The van der Waals surface area contributed by atoms with Gasteiger partial charge in [0.05, 0.1) is 19.4 Å². The Kier molecular flexibility index (Phi) is 8.30. The summed E-state index contributed by atoms with van der Waals surface area (Å²) in [5, 5.41) is 2.78. The minimum Gasteiger partial charge on any atom is -0.493 e. The molecule has 25 heavy (non-hydrogen) atoms. The fraction of sp³-hybridized carbons (Fsp3) is 0.250. The lowest BCUT2D eigenvalue weighted by molar-refractivity contribution is -0.118. The Morgan fingerprint density at radius 1 is 1.04 bits per heavy atom. The van der Waals surface area contributed by atoms with Gasteiger partial charge in [0.25, 0.3) is 0 Å². The van der Waals surface area contributed by atoms with E-state index in [-0.39, 0.29) is 12.5 Å². The maximum Gasteiger partial charge on any atom is 0.230 e. The smallest absolute Gasteiger partial charge is 0.230 e. The normalized spacial score (nSPS) is 9.64. The van der Waals surface area contributed by atoms with Crippen LogP contribution in [0, 0.1) is 11.8 Å². The molecular weight excluding hydrogens is 334 g/mol. The number of thioether (sulfide) groups is 1. The summed E-state index contributed by atoms with van der Waals surface area (Å²) in [5.74, 6) is 8.31. The first kappa shape index (κ1) is 18.8. The van der Waals surface area contributed by atoms with E-state index in [1.165, 1.54) is 5.56 Å². The summed E-state index contributed by atoms with van der Waals surface area (Å²) < 4.78 is 10.7. The third-order valence-corrected chi connectivity index (χ3v) is 4.22. The molecule has 0 saturated heterocycles. The molecule has 0 spiro atoms. The van der Waals surface area contributed by atoms with Crippen LogP contribution >= 0.6 is 11.8 Å². The van der Waals surface area contributed by atoms with E-state index in [1.54, 1.807) is 18.9 Å². The van der Waals surface area contributed by atoms with Gasteiger partial charge in [-0.1, -0.05) is 54.3 Å². The molecule has 0 saturated carbocycles. The predicted molar refractivity (Wildman–Crippen MR) is 102 cm³/mol. The van der Waals surface area contributed by atoms with E-state index in [0.29, 0.717) is 23.8 Å². The minimum atomic E-state index is -0.0131. The molecule has 130 valence electrons. The molecule has 2 aromatic rings. The molecule has 0 aliphatic carbocycles. The van der Waals surface area contributed by atoms with Gasteiger partial charge in [-0.25, -0.2) is 0 Å². The van der Waals surface area contributed by atoms with Crippen molar-refractivity contribution in [2.75, 3.05) is 26.0 Å². The summed E-state index contributed by atoms with van der Waals surface area (Å²) in [7, 11) is 1.60. The Hall–Kier alpha value is -2.58. The molecule has 0 aliphatic heterocycles. The molecule has 0 radical (unpaired) electrons. The average Bonchev–Trinajstić information content (AvgIpc) is 2.65. The highest BCUT2D eigenvalue weighted by molar-refractivity contribution is 7.99. The topological polar surface area (TPSA) is 47.6 Å². The fourth-order valence-corrected chi connectivity index (χ4v) is 2.81. The molecule has 0 aromatic heterocycles. The van der Waals surface area contributed by atoms with E-state index in [1.807, 2.05) is 42.5 Å². The first-order valence-electron chi connectivity index (χ1n) is 7.89. The van der Waals surface area contributed by atoms with E-state index >= 15 is 0 Å². The first-order valence-corrected chi connectivity index (χ1v) is 9.05. The highest BCUT2D eigenvalue weighted by Gasteiger charge is 2.01. The van der Waals surface area contributed by atoms with Gasteiger partial charge >= 0.3 is 0 Å². The van der Waals surface area contributed by atoms with Crippen LogP contribution in [0.1, 0.15) is 5.56 Å². The molecule has 0 aliphatic rings. The van der Waals surface area contributed by atoms with Gasteiger partial charge in [-0.15, -0.1) is 11.8 Å². The number of para-hydroxylation sites is 2. The van der Waals surface area contributed by atoms with Crippen molar-refractivity contribution >= 4 is 17.7 Å². The number of amides is 1. The lowest BCUT2D eigenvalue weighted by atomic mass is 10.2. The quantitative estimate of drug-likeness (QED) is 0.739. The first-order chi connectivity index (χ1) is 12.3. The van der Waals surface area contributed by atoms with Gasteiger partial charge in [0, 0.05) is 5.75 Å². The van der Waals surface area contributed by atoms with Crippen LogP contribution in [-0.2, 0) is 10.5 Å². The molecule has 0 heterocycles. The van der Waals surface area contributed by atoms with E-state index < -0.39 is 0 Å². The Labute approximate surface area is 152 Å². The maximum atomic E-state index is 11.7. The van der Waals surface area contributed by atoms with Crippen LogP contribution < -0.4 is 14.8 Å². The molecule has 0 unspecified atom stereocenters. The van der Waals surface area contributed by atoms with Crippen molar-refractivity contribution in [1.82, 2.24) is 5.32 Å². The number of methoxy groups -OCH3 is 1. The second kappa shape index (κ2) is 11.1. The Morgan fingerprint density at radius 3 is 2.52 bits per heavy atom. The minimum absolute atomic E-state index is 0.0131. The summed E-state index contributed by atoms with van der Waals surface area (Å²) in [6.45, 7) is 0.568. The van der Waals surface area contributed by atoms with Gasteiger partial charge in [0.1, 0.15) is 6.61 Å². The number of carbonyl (C=O) groups is 1. The second-order valence-corrected chi connectivity index (χ2v) is 6.03. The molecule has 1 amide bonds. The highest BCUT2D eigenvalue weighted by atomic mass is 32.2. The van der Waals surface area contributed by atoms with Crippen LogP contribution in [0.4, 0.5) is 0 Å². The van der Waals surface area contributed by atoms with E-state index in [2.05, 4.69) is 29.3 Å². The number of hydrogen-bond acceptors (Lipinski definition) is 4. The van der Waals surface area contributed by atoms with Gasteiger partial charge in [0.15, 0.2) is 11.5 Å². The summed E-state index contributed by atoms with van der Waals surface area (Å²) in [6, 6.07) is 17.5. The molecule has 2 aromatic carbocycles. The molecule has 0 atom stereocenters. The summed E-state index contributed by atoms with van der Waals surface area (Å²) in [4.78, 5) is 11.7. The third kappa shape index (κ3) is 7.23. The lowest BCUT2D eigenvalue weighted by Crippen LogP contribution is -2.25. The van der Waals surface area contributed by atoms with Crippen LogP contribution in [-0.4, -0.2) is 31.9 Å². The number of hydrogen-bond donors (Lipinski definition) is 1. The van der Waals surface area contributed by atoms with Crippen LogP contribution in [0.25, 0.3) is 0 Å². The lowest BCUT2D eigenvalue weighted by Gasteiger charge is -2.07. The molecule has 1 N–H and O–H groups in total. The number of rotatable bonds is 8. The number of carbonyl (C=O) groups excluding carboxylic acids is 1. The van der Waals surface area contributed by atoms with Crippen molar-refractivity contribution < 1.29 is 14.3 Å². The Morgan fingerprint density at radius 2 is 1.76 bits per heavy atom. The van der Waals surface area contributed by atoms with Gasteiger partial charge in [-0.3, -0.25) is 4.79 Å². The zero-order valence-corrected chi connectivity index (χ0v) is 15.0. The molecule has 5 heteroatoms. The summed E-state index contributed by atoms with van der Waals surface area (Å²) >= 11 is 1.59. The zero-order valence-electron chi connectivity index (χ0n) is 14.2. The van der Waals surface area contributed by atoms with Crippen molar-refractivity contribution in [2.24, 2.45) is 0 Å². The average molecular weight is 355 g/mol. The van der Waals surface area contributed by atoms with Crippen LogP contribution in [0.3, 0.4) is 0 Å². The number of ether oxygens (including phenoxy) is 2. The van der Waals surface area contributed by atoms with Gasteiger partial charge in [-0.05, 0) is 17.7 Å². The van der Waals surface area contributed by atoms with Gasteiger partial charge < -0.3 is 14.8 Å². The molecule has 2 rings (SSSR count). The zero-order chi connectivity index (χ0) is 17.7. The SMILES string of the molecule is COc1ccccc1OCC#CCNC(=O)CSCc1ccccc1. The van der Waals surface area contributed by atoms with E-state index in [9.17, 15) is 4.79 Å². The monoisotopic (exact) mass is 355 g/mol. The van der Waals surface area contributed by atoms with Gasteiger partial charge in [-0.2, -0.15) is 0 Å². The molecule has 4 nitrogen and oxygen atoms in total. The Balaban J connectivity index is 1.59. The maximum absolute atomic E-state index is 11.7. The standard InChI is InChI=1S/C20H21NO3S/c1-23-18-11-5-6-12-19(18)24-14-8-7-13-21-20(22)16-25-15-17-9-3-2-4-10-17/h2-6,9-12H,13-16H2,1H3,(H,21,22). The van der Waals surface area contributed by atoms with Crippen LogP contribution in [0.15, 0.2) is 54.6 Å². The van der Waals surface area contributed by atoms with Crippen LogP contribution in [0.5, 0.6) is 11.5 Å². The summed E-state index contributed by atoms with van der Waals surface area (Å²) in [6.07, 6.45) is 0. The van der Waals surface area contributed by atoms with E-state index in [4.69, 9.17) is 9.47 Å². The Bertz CT molecular complexity index is 722. The number of nitrogens with one attached hydrogen (secondary N) is 1. The number of benzene rings is 2. The fourth-order valence-electron chi connectivity index (χ4n) is 2.00. The molecule has 0 fully saturated rings. The highest BCUT2D eigenvalue weighted by Crippen LogP contribution is 2.25. The van der Waals surface area contributed by atoms with Crippen molar-refractivity contribution in [2.45, 2.75) is 5.75 Å². The second-order valence-electron chi connectivity index (χ2n) is 5.05. The largest absolute Gasteiger partial charge is 0.493 e. The summed E-state index contributed by atoms with van der Waals surface area (Å²) in [5.41, 5.74) is 1.22. The predicted octanol–water partition coefficient (Wildman–Crippen LogP) is 3.13. The van der Waals surface area contributed by atoms with E-state index in [0.717, 1.165) is 5.75 Å². The third-order valence-electron chi connectivity index (χ3n) is 3.21.